The normalized spacial score (nSPS) is 11.2. The Balaban J connectivity index is 1.55. The number of anilines is 1. The predicted molar refractivity (Wildman–Crippen MR) is 122 cm³/mol. The van der Waals surface area contributed by atoms with Gasteiger partial charge in [0.15, 0.2) is 11.7 Å². The third kappa shape index (κ3) is 6.14. The fourth-order valence-corrected chi connectivity index (χ4v) is 4.33. The molecular formula is C22H25N3O3S2. The highest BCUT2D eigenvalue weighted by molar-refractivity contribution is 7.17. The Morgan fingerprint density at radius 3 is 2.70 bits per heavy atom. The Bertz CT molecular complexity index is 1030. The van der Waals surface area contributed by atoms with Crippen LogP contribution in [0.3, 0.4) is 0 Å². The zero-order valence-electron chi connectivity index (χ0n) is 17.4. The molecule has 6 nitrogen and oxygen atoms in total. The lowest BCUT2D eigenvalue weighted by molar-refractivity contribution is -0.119. The Kier molecular flexibility index (Phi) is 6.89. The Labute approximate surface area is 184 Å². The molecule has 30 heavy (non-hydrogen) atoms. The van der Waals surface area contributed by atoms with Crippen molar-refractivity contribution in [3.63, 3.8) is 0 Å². The van der Waals surface area contributed by atoms with Gasteiger partial charge in [0.2, 0.25) is 5.91 Å². The maximum Gasteiger partial charge on any atom is 0.264 e. The molecule has 3 rings (SSSR count). The molecule has 0 atom stereocenters. The first-order valence-electron chi connectivity index (χ1n) is 9.53. The summed E-state index contributed by atoms with van der Waals surface area (Å²) in [5.41, 5.74) is 1.97. The average molecular weight is 444 g/mol. The van der Waals surface area contributed by atoms with Crippen molar-refractivity contribution >= 4 is 39.6 Å². The van der Waals surface area contributed by atoms with Gasteiger partial charge in [0, 0.05) is 17.2 Å². The number of rotatable bonds is 7. The van der Waals surface area contributed by atoms with Crippen molar-refractivity contribution in [1.29, 1.82) is 0 Å². The van der Waals surface area contributed by atoms with E-state index in [1.807, 2.05) is 35.7 Å². The van der Waals surface area contributed by atoms with Crippen LogP contribution in [-0.2, 0) is 21.5 Å². The van der Waals surface area contributed by atoms with Crippen LogP contribution in [0.2, 0.25) is 0 Å². The van der Waals surface area contributed by atoms with Gasteiger partial charge in [0.1, 0.15) is 5.75 Å². The second-order valence-electron chi connectivity index (χ2n) is 7.83. The number of nitrogens with zero attached hydrogens (tertiary/aromatic N) is 1. The van der Waals surface area contributed by atoms with Gasteiger partial charge >= 0.3 is 0 Å². The number of hydrogen-bond acceptors (Lipinski definition) is 6. The second kappa shape index (κ2) is 9.40. The highest BCUT2D eigenvalue weighted by Gasteiger charge is 2.15. The Hall–Kier alpha value is -2.71. The average Bonchev–Trinajstić information content (AvgIpc) is 3.33. The van der Waals surface area contributed by atoms with E-state index in [9.17, 15) is 9.59 Å². The fraction of sp³-hybridized carbons (Fsp3) is 0.318. The van der Waals surface area contributed by atoms with Crippen molar-refractivity contribution in [3.05, 3.63) is 52.2 Å². The van der Waals surface area contributed by atoms with Crippen molar-refractivity contribution < 1.29 is 14.3 Å². The van der Waals surface area contributed by atoms with Crippen molar-refractivity contribution in [2.24, 2.45) is 0 Å². The molecule has 0 aliphatic rings. The van der Waals surface area contributed by atoms with E-state index in [2.05, 4.69) is 42.5 Å². The van der Waals surface area contributed by atoms with Crippen molar-refractivity contribution in [1.82, 2.24) is 10.3 Å². The monoisotopic (exact) mass is 443 g/mol. The summed E-state index contributed by atoms with van der Waals surface area (Å²) >= 11 is 2.93. The highest BCUT2D eigenvalue weighted by atomic mass is 32.1. The van der Waals surface area contributed by atoms with Gasteiger partial charge in [0.05, 0.1) is 17.1 Å². The van der Waals surface area contributed by atoms with Crippen LogP contribution >= 0.6 is 22.7 Å². The molecule has 2 N–H and O–H groups in total. The number of thiophene rings is 1. The number of carbonyl (C=O) groups is 2. The van der Waals surface area contributed by atoms with Crippen molar-refractivity contribution in [3.8, 4) is 16.3 Å². The largest absolute Gasteiger partial charge is 0.484 e. The van der Waals surface area contributed by atoms with Gasteiger partial charge in [-0.2, -0.15) is 0 Å². The molecule has 1 aromatic carbocycles. The number of carbonyl (C=O) groups excluding carboxylic acids is 2. The van der Waals surface area contributed by atoms with Gasteiger partial charge in [-0.1, -0.05) is 32.9 Å². The van der Waals surface area contributed by atoms with E-state index in [1.165, 1.54) is 18.3 Å². The number of hydrogen-bond donors (Lipinski definition) is 2. The minimum Gasteiger partial charge on any atom is -0.484 e. The SMILES string of the molecule is CC(=O)NCc1ccc(-c2csc(NC(=O)COc3cccc(C(C)(C)C)c3)n2)s1. The molecule has 2 amide bonds. The van der Waals surface area contributed by atoms with Gasteiger partial charge < -0.3 is 10.1 Å². The van der Waals surface area contributed by atoms with E-state index in [0.29, 0.717) is 17.4 Å². The number of amides is 2. The summed E-state index contributed by atoms with van der Waals surface area (Å²) in [7, 11) is 0. The maximum absolute atomic E-state index is 12.3. The zero-order valence-corrected chi connectivity index (χ0v) is 19.1. The lowest BCUT2D eigenvalue weighted by Gasteiger charge is -2.19. The summed E-state index contributed by atoms with van der Waals surface area (Å²) < 4.78 is 5.65. The lowest BCUT2D eigenvalue weighted by atomic mass is 9.87. The summed E-state index contributed by atoms with van der Waals surface area (Å²) in [6, 6.07) is 11.7. The van der Waals surface area contributed by atoms with Crippen LogP contribution in [0.25, 0.3) is 10.6 Å². The molecule has 0 radical (unpaired) electrons. The molecule has 0 aliphatic carbocycles. The van der Waals surface area contributed by atoms with Crippen molar-refractivity contribution in [2.45, 2.75) is 39.7 Å². The number of benzene rings is 1. The minimum atomic E-state index is -0.255. The van der Waals surface area contributed by atoms with Gasteiger partial charge in [-0.15, -0.1) is 22.7 Å². The van der Waals surface area contributed by atoms with E-state index in [1.54, 1.807) is 11.3 Å². The van der Waals surface area contributed by atoms with E-state index >= 15 is 0 Å². The molecule has 0 saturated heterocycles. The van der Waals surface area contributed by atoms with Crippen LogP contribution in [0.15, 0.2) is 41.8 Å². The minimum absolute atomic E-state index is 0.0166. The summed E-state index contributed by atoms with van der Waals surface area (Å²) in [6.07, 6.45) is 0. The van der Waals surface area contributed by atoms with Gasteiger partial charge in [-0.25, -0.2) is 4.98 Å². The Morgan fingerprint density at radius 1 is 1.17 bits per heavy atom. The number of aromatic nitrogens is 1. The van der Waals surface area contributed by atoms with Gasteiger partial charge in [-0.3, -0.25) is 14.9 Å². The third-order valence-electron chi connectivity index (χ3n) is 4.25. The highest BCUT2D eigenvalue weighted by Crippen LogP contribution is 2.31. The predicted octanol–water partition coefficient (Wildman–Crippen LogP) is 4.82. The molecule has 158 valence electrons. The van der Waals surface area contributed by atoms with Crippen LogP contribution in [0, 0.1) is 0 Å². The van der Waals surface area contributed by atoms with E-state index < -0.39 is 0 Å². The molecule has 3 aromatic rings. The Morgan fingerprint density at radius 2 is 1.97 bits per heavy atom. The first-order valence-corrected chi connectivity index (χ1v) is 11.2. The van der Waals surface area contributed by atoms with E-state index in [0.717, 1.165) is 21.0 Å². The fourth-order valence-electron chi connectivity index (χ4n) is 2.62. The molecule has 2 heterocycles. The molecule has 8 heteroatoms. The molecule has 0 spiro atoms. The molecule has 2 aromatic heterocycles. The molecule has 0 bridgehead atoms. The topological polar surface area (TPSA) is 80.3 Å². The van der Waals surface area contributed by atoms with Crippen LogP contribution in [0.5, 0.6) is 5.75 Å². The first kappa shape index (κ1) is 22.0. The smallest absolute Gasteiger partial charge is 0.264 e. The standard InChI is InChI=1S/C22H25N3O3S2/c1-14(26)23-11-17-8-9-19(30-17)18-13-29-21(24-18)25-20(27)12-28-16-7-5-6-15(10-16)22(2,3)4/h5-10,13H,11-12H2,1-4H3,(H,23,26)(H,24,25,27). The molecular weight excluding hydrogens is 418 g/mol. The molecule has 0 saturated carbocycles. The quantitative estimate of drug-likeness (QED) is 0.548. The van der Waals surface area contributed by atoms with Gasteiger partial charge in [-0.05, 0) is 35.2 Å². The second-order valence-corrected chi connectivity index (χ2v) is 9.85. The number of thiazole rings is 1. The van der Waals surface area contributed by atoms with E-state index in [-0.39, 0.29) is 23.8 Å². The number of ether oxygens (including phenoxy) is 1. The molecule has 0 fully saturated rings. The summed E-state index contributed by atoms with van der Waals surface area (Å²) in [4.78, 5) is 29.8. The van der Waals surface area contributed by atoms with Crippen LogP contribution < -0.4 is 15.4 Å². The third-order valence-corrected chi connectivity index (χ3v) is 6.11. The lowest BCUT2D eigenvalue weighted by Crippen LogP contribution is -2.20. The molecule has 0 aliphatic heterocycles. The van der Waals surface area contributed by atoms with Gasteiger partial charge in [0.25, 0.3) is 5.91 Å². The first-order chi connectivity index (χ1) is 14.2. The zero-order chi connectivity index (χ0) is 21.7. The summed E-state index contributed by atoms with van der Waals surface area (Å²) in [6.45, 7) is 8.32. The summed E-state index contributed by atoms with van der Waals surface area (Å²) in [5, 5.41) is 7.99. The molecule has 0 unspecified atom stereocenters. The van der Waals surface area contributed by atoms with E-state index in [4.69, 9.17) is 4.74 Å². The number of nitrogens with one attached hydrogen (secondary N) is 2. The van der Waals surface area contributed by atoms with Crippen molar-refractivity contribution in [2.75, 3.05) is 11.9 Å². The summed E-state index contributed by atoms with van der Waals surface area (Å²) in [5.74, 6) is 0.355. The van der Waals surface area contributed by atoms with Crippen LogP contribution in [-0.4, -0.2) is 23.4 Å². The van der Waals surface area contributed by atoms with Crippen LogP contribution in [0.4, 0.5) is 5.13 Å². The van der Waals surface area contributed by atoms with Crippen LogP contribution in [0.1, 0.15) is 38.1 Å². The maximum atomic E-state index is 12.3.